The molecule has 2 aromatic heterocycles. The Kier molecular flexibility index (Phi) is 5.26. The molecule has 1 aliphatic carbocycles. The number of hydrogen-bond donors (Lipinski definition) is 0. The SMILES string of the molecule is c1ccc(C2(c3ccccn3)c3ccccc3-c3c(-c4ccc(-c5nc6ccccc6s5)cc4)cccc32)cc1. The van der Waals surface area contributed by atoms with E-state index in [1.54, 1.807) is 11.3 Å². The van der Waals surface area contributed by atoms with Gasteiger partial charge in [0.1, 0.15) is 5.01 Å². The van der Waals surface area contributed by atoms with Crippen LogP contribution in [0.15, 0.2) is 146 Å². The van der Waals surface area contributed by atoms with E-state index >= 15 is 0 Å². The summed E-state index contributed by atoms with van der Waals surface area (Å²) in [5.74, 6) is 0. The Morgan fingerprint density at radius 3 is 2.05 bits per heavy atom. The molecule has 188 valence electrons. The fourth-order valence-electron chi connectivity index (χ4n) is 6.36. The van der Waals surface area contributed by atoms with E-state index in [1.165, 1.54) is 43.6 Å². The number of nitrogens with zero attached hydrogens (tertiary/aromatic N) is 2. The van der Waals surface area contributed by atoms with Gasteiger partial charge in [-0.05, 0) is 63.2 Å². The van der Waals surface area contributed by atoms with Crippen molar-refractivity contribution >= 4 is 21.6 Å². The Balaban J connectivity index is 1.34. The molecular formula is C37H24N2S. The smallest absolute Gasteiger partial charge is 0.124 e. The standard InChI is InChI=1S/C37H24N2S/c1-2-11-27(12-3-1)37(34-19-8-9-24-38-34)30-15-5-4-13-29(30)35-28(14-10-16-31(35)37)25-20-22-26(23-21-25)36-39-32-17-6-7-18-33(32)40-36/h1-24H. The summed E-state index contributed by atoms with van der Waals surface area (Å²) in [6.07, 6.45) is 1.91. The van der Waals surface area contributed by atoms with Gasteiger partial charge >= 0.3 is 0 Å². The molecule has 1 aliphatic rings. The average Bonchev–Trinajstić information content (AvgIpc) is 3.60. The summed E-state index contributed by atoms with van der Waals surface area (Å²) in [7, 11) is 0. The first-order chi connectivity index (χ1) is 19.8. The first-order valence-electron chi connectivity index (χ1n) is 13.5. The minimum absolute atomic E-state index is 0.495. The fraction of sp³-hybridized carbons (Fsp3) is 0.0270. The van der Waals surface area contributed by atoms with E-state index in [1.807, 2.05) is 18.3 Å². The topological polar surface area (TPSA) is 25.8 Å². The highest BCUT2D eigenvalue weighted by Gasteiger charge is 2.47. The lowest BCUT2D eigenvalue weighted by Crippen LogP contribution is -2.29. The van der Waals surface area contributed by atoms with Gasteiger partial charge in [-0.3, -0.25) is 4.98 Å². The van der Waals surface area contributed by atoms with E-state index in [9.17, 15) is 0 Å². The number of para-hydroxylation sites is 1. The van der Waals surface area contributed by atoms with Crippen molar-refractivity contribution < 1.29 is 0 Å². The van der Waals surface area contributed by atoms with Crippen molar-refractivity contribution in [3.8, 4) is 32.8 Å². The zero-order valence-electron chi connectivity index (χ0n) is 21.7. The van der Waals surface area contributed by atoms with Gasteiger partial charge in [0.25, 0.3) is 0 Å². The number of aromatic nitrogens is 2. The lowest BCUT2D eigenvalue weighted by Gasteiger charge is -2.32. The van der Waals surface area contributed by atoms with Crippen LogP contribution in [0.4, 0.5) is 0 Å². The molecule has 0 aliphatic heterocycles. The van der Waals surface area contributed by atoms with Crippen molar-refractivity contribution in [2.24, 2.45) is 0 Å². The van der Waals surface area contributed by atoms with E-state index in [0.717, 1.165) is 21.8 Å². The average molecular weight is 529 g/mol. The van der Waals surface area contributed by atoms with Crippen LogP contribution in [-0.2, 0) is 5.41 Å². The minimum atomic E-state index is -0.495. The summed E-state index contributed by atoms with van der Waals surface area (Å²) < 4.78 is 1.21. The molecule has 0 bridgehead atoms. The molecule has 0 amide bonds. The lowest BCUT2D eigenvalue weighted by molar-refractivity contribution is 0.735. The van der Waals surface area contributed by atoms with E-state index in [0.29, 0.717) is 0 Å². The van der Waals surface area contributed by atoms with Crippen LogP contribution in [0.5, 0.6) is 0 Å². The van der Waals surface area contributed by atoms with Crippen LogP contribution in [0.3, 0.4) is 0 Å². The van der Waals surface area contributed by atoms with Gasteiger partial charge in [0.15, 0.2) is 0 Å². The molecule has 5 aromatic carbocycles. The highest BCUT2D eigenvalue weighted by molar-refractivity contribution is 7.21. The summed E-state index contributed by atoms with van der Waals surface area (Å²) in [6, 6.07) is 49.9. The monoisotopic (exact) mass is 528 g/mol. The zero-order chi connectivity index (χ0) is 26.5. The van der Waals surface area contributed by atoms with E-state index in [-0.39, 0.29) is 0 Å². The van der Waals surface area contributed by atoms with Crippen LogP contribution in [-0.4, -0.2) is 9.97 Å². The third-order valence-corrected chi connectivity index (χ3v) is 9.15. The van der Waals surface area contributed by atoms with Crippen molar-refractivity contribution in [1.29, 1.82) is 0 Å². The quantitative estimate of drug-likeness (QED) is 0.227. The third kappa shape index (κ3) is 3.35. The molecule has 40 heavy (non-hydrogen) atoms. The van der Waals surface area contributed by atoms with Crippen molar-refractivity contribution in [1.82, 2.24) is 9.97 Å². The Morgan fingerprint density at radius 2 is 1.23 bits per heavy atom. The summed E-state index contributed by atoms with van der Waals surface area (Å²) in [4.78, 5) is 9.84. The Morgan fingerprint density at radius 1 is 0.525 bits per heavy atom. The number of thiazole rings is 1. The molecule has 3 heteroatoms. The molecule has 0 spiro atoms. The van der Waals surface area contributed by atoms with E-state index < -0.39 is 5.41 Å². The molecule has 0 radical (unpaired) electrons. The van der Waals surface area contributed by atoms with Crippen molar-refractivity contribution in [3.63, 3.8) is 0 Å². The maximum atomic E-state index is 4.97. The Hall–Kier alpha value is -4.86. The van der Waals surface area contributed by atoms with Crippen LogP contribution in [0, 0.1) is 0 Å². The maximum Gasteiger partial charge on any atom is 0.124 e. The summed E-state index contributed by atoms with van der Waals surface area (Å²) in [5, 5.41) is 1.05. The van der Waals surface area contributed by atoms with Crippen molar-refractivity contribution in [2.45, 2.75) is 5.41 Å². The number of fused-ring (bicyclic) bond motifs is 4. The van der Waals surface area contributed by atoms with E-state index in [4.69, 9.17) is 9.97 Å². The van der Waals surface area contributed by atoms with Gasteiger partial charge in [-0.25, -0.2) is 4.98 Å². The van der Waals surface area contributed by atoms with Gasteiger partial charge < -0.3 is 0 Å². The summed E-state index contributed by atoms with van der Waals surface area (Å²) in [5.41, 5.74) is 11.5. The van der Waals surface area contributed by atoms with Crippen LogP contribution in [0.2, 0.25) is 0 Å². The second-order valence-electron chi connectivity index (χ2n) is 10.2. The second-order valence-corrected chi connectivity index (χ2v) is 11.2. The first-order valence-corrected chi connectivity index (χ1v) is 14.3. The molecule has 7 aromatic rings. The highest BCUT2D eigenvalue weighted by Crippen LogP contribution is 2.57. The minimum Gasteiger partial charge on any atom is -0.260 e. The number of pyridine rings is 1. The number of hydrogen-bond acceptors (Lipinski definition) is 3. The molecular weight excluding hydrogens is 504 g/mol. The Labute approximate surface area is 237 Å². The van der Waals surface area contributed by atoms with Gasteiger partial charge in [0.05, 0.1) is 21.3 Å². The maximum absolute atomic E-state index is 4.97. The van der Waals surface area contributed by atoms with Gasteiger partial charge in [-0.1, -0.05) is 115 Å². The fourth-order valence-corrected chi connectivity index (χ4v) is 7.34. The molecule has 1 atom stereocenters. The lowest BCUT2D eigenvalue weighted by atomic mass is 9.69. The second kappa shape index (κ2) is 9.11. The zero-order valence-corrected chi connectivity index (χ0v) is 22.5. The van der Waals surface area contributed by atoms with Crippen LogP contribution < -0.4 is 0 Å². The van der Waals surface area contributed by atoms with E-state index in [2.05, 4.69) is 127 Å². The number of benzene rings is 5. The number of rotatable bonds is 4. The predicted octanol–water partition coefficient (Wildman–Crippen LogP) is 9.39. The van der Waals surface area contributed by atoms with Crippen LogP contribution >= 0.6 is 11.3 Å². The summed E-state index contributed by atoms with van der Waals surface area (Å²) in [6.45, 7) is 0. The largest absolute Gasteiger partial charge is 0.260 e. The molecule has 0 saturated heterocycles. The summed E-state index contributed by atoms with van der Waals surface area (Å²) >= 11 is 1.74. The highest BCUT2D eigenvalue weighted by atomic mass is 32.1. The third-order valence-electron chi connectivity index (χ3n) is 8.06. The molecule has 1 unspecified atom stereocenters. The van der Waals surface area contributed by atoms with Gasteiger partial charge in [-0.15, -0.1) is 11.3 Å². The van der Waals surface area contributed by atoms with Crippen LogP contribution in [0.1, 0.15) is 22.4 Å². The molecule has 0 saturated carbocycles. The van der Waals surface area contributed by atoms with Gasteiger partial charge in [0.2, 0.25) is 0 Å². The normalized spacial score (nSPS) is 15.6. The molecule has 0 N–H and O–H groups in total. The van der Waals surface area contributed by atoms with Crippen molar-refractivity contribution in [3.05, 3.63) is 168 Å². The molecule has 0 fully saturated rings. The molecule has 2 heterocycles. The predicted molar refractivity (Wildman–Crippen MR) is 166 cm³/mol. The molecule has 2 nitrogen and oxygen atoms in total. The molecule has 8 rings (SSSR count). The van der Waals surface area contributed by atoms with Crippen LogP contribution in [0.25, 0.3) is 43.0 Å². The van der Waals surface area contributed by atoms with Gasteiger partial charge in [0, 0.05) is 11.8 Å². The van der Waals surface area contributed by atoms with Gasteiger partial charge in [-0.2, -0.15) is 0 Å². The Bertz CT molecular complexity index is 1920. The van der Waals surface area contributed by atoms with Crippen molar-refractivity contribution in [2.75, 3.05) is 0 Å². The first kappa shape index (κ1) is 23.1.